The molecule has 25 heavy (non-hydrogen) atoms. The molecular formula is C20H30N2O3. The number of rotatable bonds is 7. The molecular weight excluding hydrogens is 316 g/mol. The van der Waals surface area contributed by atoms with Gasteiger partial charge in [-0.25, -0.2) is 0 Å². The van der Waals surface area contributed by atoms with Crippen molar-refractivity contribution in [2.45, 2.75) is 52.0 Å². The number of hydrogen-bond acceptors (Lipinski definition) is 3. The van der Waals surface area contributed by atoms with E-state index in [0.29, 0.717) is 19.5 Å². The van der Waals surface area contributed by atoms with Gasteiger partial charge in [0.1, 0.15) is 5.75 Å². The highest BCUT2D eigenvalue weighted by Crippen LogP contribution is 2.17. The molecule has 5 heteroatoms. The van der Waals surface area contributed by atoms with Crippen LogP contribution in [0.25, 0.3) is 0 Å². The number of benzene rings is 1. The summed E-state index contributed by atoms with van der Waals surface area (Å²) in [5.74, 6) is 1.17. The van der Waals surface area contributed by atoms with Crippen LogP contribution in [0.2, 0.25) is 0 Å². The van der Waals surface area contributed by atoms with E-state index in [4.69, 9.17) is 4.74 Å². The Balaban J connectivity index is 1.81. The van der Waals surface area contributed by atoms with E-state index in [9.17, 15) is 9.59 Å². The maximum atomic E-state index is 12.5. The van der Waals surface area contributed by atoms with Gasteiger partial charge in [-0.2, -0.15) is 0 Å². The summed E-state index contributed by atoms with van der Waals surface area (Å²) in [6, 6.07) is 7.82. The third-order valence-electron chi connectivity index (χ3n) is 5.04. The monoisotopic (exact) mass is 346 g/mol. The summed E-state index contributed by atoms with van der Waals surface area (Å²) < 4.78 is 5.21. The van der Waals surface area contributed by atoms with Gasteiger partial charge in [0.15, 0.2) is 0 Å². The summed E-state index contributed by atoms with van der Waals surface area (Å²) in [4.78, 5) is 26.6. The lowest BCUT2D eigenvalue weighted by Gasteiger charge is -2.33. The molecule has 2 amide bonds. The Morgan fingerprint density at radius 2 is 1.92 bits per heavy atom. The Morgan fingerprint density at radius 3 is 2.52 bits per heavy atom. The first-order valence-electron chi connectivity index (χ1n) is 9.28. The summed E-state index contributed by atoms with van der Waals surface area (Å²) >= 11 is 0. The van der Waals surface area contributed by atoms with E-state index in [2.05, 4.69) is 5.32 Å². The summed E-state index contributed by atoms with van der Waals surface area (Å²) in [6.45, 7) is 5.51. The Bertz CT molecular complexity index is 576. The average molecular weight is 346 g/mol. The molecule has 0 bridgehead atoms. The van der Waals surface area contributed by atoms with Crippen molar-refractivity contribution in [1.82, 2.24) is 10.2 Å². The van der Waals surface area contributed by atoms with Gasteiger partial charge in [0.05, 0.1) is 13.5 Å². The maximum absolute atomic E-state index is 12.5. The van der Waals surface area contributed by atoms with Crippen molar-refractivity contribution in [1.29, 1.82) is 0 Å². The maximum Gasteiger partial charge on any atom is 0.226 e. The minimum absolute atomic E-state index is 0.104. The Hall–Kier alpha value is -2.04. The largest absolute Gasteiger partial charge is 0.497 e. The van der Waals surface area contributed by atoms with E-state index in [-0.39, 0.29) is 23.8 Å². The fourth-order valence-electron chi connectivity index (χ4n) is 3.32. The molecule has 0 saturated carbocycles. The molecule has 1 aliphatic heterocycles. The molecule has 1 saturated heterocycles. The number of amides is 2. The van der Waals surface area contributed by atoms with Gasteiger partial charge in [-0.3, -0.25) is 9.59 Å². The lowest BCUT2D eigenvalue weighted by molar-refractivity contribution is -0.131. The van der Waals surface area contributed by atoms with Crippen LogP contribution in [0.5, 0.6) is 5.75 Å². The van der Waals surface area contributed by atoms with Gasteiger partial charge in [0, 0.05) is 25.0 Å². The minimum atomic E-state index is 0.104. The van der Waals surface area contributed by atoms with Crippen LogP contribution in [0, 0.1) is 5.92 Å². The van der Waals surface area contributed by atoms with E-state index < -0.39 is 0 Å². The van der Waals surface area contributed by atoms with Crippen LogP contribution in [-0.2, 0) is 16.0 Å². The van der Waals surface area contributed by atoms with Crippen LogP contribution < -0.4 is 10.1 Å². The van der Waals surface area contributed by atoms with Crippen LogP contribution in [0.3, 0.4) is 0 Å². The molecule has 1 aromatic carbocycles. The van der Waals surface area contributed by atoms with Gasteiger partial charge in [0.2, 0.25) is 11.8 Å². The van der Waals surface area contributed by atoms with Gasteiger partial charge < -0.3 is 15.0 Å². The smallest absolute Gasteiger partial charge is 0.226 e. The number of nitrogens with zero attached hydrogens (tertiary/aromatic N) is 1. The minimum Gasteiger partial charge on any atom is -0.497 e. The quantitative estimate of drug-likeness (QED) is 0.826. The van der Waals surface area contributed by atoms with Gasteiger partial charge in [-0.1, -0.05) is 26.0 Å². The van der Waals surface area contributed by atoms with E-state index in [1.165, 1.54) is 0 Å². The number of ether oxygens (including phenoxy) is 1. The SMILES string of the molecule is CCC(CC)C(=O)NC1CCN(C(=O)Cc2cccc(OC)c2)CC1. The zero-order valence-corrected chi connectivity index (χ0v) is 15.6. The van der Waals surface area contributed by atoms with Crippen LogP contribution >= 0.6 is 0 Å². The molecule has 1 heterocycles. The Morgan fingerprint density at radius 1 is 1.24 bits per heavy atom. The van der Waals surface area contributed by atoms with Crippen molar-refractivity contribution in [2.24, 2.45) is 5.92 Å². The summed E-state index contributed by atoms with van der Waals surface area (Å²) in [6.07, 6.45) is 3.80. The van der Waals surface area contributed by atoms with Crippen molar-refractivity contribution in [3.8, 4) is 5.75 Å². The van der Waals surface area contributed by atoms with Crippen molar-refractivity contribution >= 4 is 11.8 Å². The predicted molar refractivity (Wildman–Crippen MR) is 98.5 cm³/mol. The fourth-order valence-corrected chi connectivity index (χ4v) is 3.32. The van der Waals surface area contributed by atoms with Gasteiger partial charge in [-0.15, -0.1) is 0 Å². The summed E-state index contributed by atoms with van der Waals surface area (Å²) in [5.41, 5.74) is 0.966. The highest BCUT2D eigenvalue weighted by molar-refractivity contribution is 5.80. The Labute approximate surface area is 150 Å². The fraction of sp³-hybridized carbons (Fsp3) is 0.600. The van der Waals surface area contributed by atoms with E-state index in [0.717, 1.165) is 37.0 Å². The first-order valence-corrected chi connectivity index (χ1v) is 9.28. The van der Waals surface area contributed by atoms with E-state index >= 15 is 0 Å². The molecule has 0 aliphatic carbocycles. The lowest BCUT2D eigenvalue weighted by Crippen LogP contribution is -2.48. The van der Waals surface area contributed by atoms with Crippen molar-refractivity contribution in [3.63, 3.8) is 0 Å². The normalized spacial score (nSPS) is 15.3. The van der Waals surface area contributed by atoms with Gasteiger partial charge in [-0.05, 0) is 43.4 Å². The number of carbonyl (C=O) groups excluding carboxylic acids is 2. The number of nitrogens with one attached hydrogen (secondary N) is 1. The summed E-state index contributed by atoms with van der Waals surface area (Å²) in [7, 11) is 1.63. The molecule has 0 atom stereocenters. The van der Waals surface area contributed by atoms with Gasteiger partial charge >= 0.3 is 0 Å². The van der Waals surface area contributed by atoms with E-state index in [1.54, 1.807) is 7.11 Å². The zero-order valence-electron chi connectivity index (χ0n) is 15.6. The third kappa shape index (κ3) is 5.48. The second kappa shape index (κ2) is 9.44. The number of carbonyl (C=O) groups is 2. The van der Waals surface area contributed by atoms with E-state index in [1.807, 2.05) is 43.0 Å². The first kappa shape index (κ1) is 19.3. The number of piperidine rings is 1. The highest BCUT2D eigenvalue weighted by atomic mass is 16.5. The standard InChI is InChI=1S/C20H30N2O3/c1-4-16(5-2)20(24)21-17-9-11-22(12-10-17)19(23)14-15-7-6-8-18(13-15)25-3/h6-8,13,16-17H,4-5,9-12,14H2,1-3H3,(H,21,24). The average Bonchev–Trinajstić information content (AvgIpc) is 2.63. The second-order valence-electron chi connectivity index (χ2n) is 6.71. The molecule has 1 fully saturated rings. The molecule has 138 valence electrons. The van der Waals surface area contributed by atoms with Crippen LogP contribution in [0.15, 0.2) is 24.3 Å². The lowest BCUT2D eigenvalue weighted by atomic mass is 9.99. The molecule has 1 aromatic rings. The topological polar surface area (TPSA) is 58.6 Å². The van der Waals surface area contributed by atoms with Crippen molar-refractivity contribution < 1.29 is 14.3 Å². The van der Waals surface area contributed by atoms with Crippen molar-refractivity contribution in [2.75, 3.05) is 20.2 Å². The second-order valence-corrected chi connectivity index (χ2v) is 6.71. The molecule has 0 unspecified atom stereocenters. The number of methoxy groups -OCH3 is 1. The Kier molecular flexibility index (Phi) is 7.29. The molecule has 1 aliphatic rings. The zero-order chi connectivity index (χ0) is 18.2. The van der Waals surface area contributed by atoms with Crippen LogP contribution in [0.1, 0.15) is 45.1 Å². The molecule has 0 spiro atoms. The van der Waals surface area contributed by atoms with Crippen LogP contribution in [0.4, 0.5) is 0 Å². The molecule has 5 nitrogen and oxygen atoms in total. The number of likely N-dealkylation sites (tertiary alicyclic amines) is 1. The van der Waals surface area contributed by atoms with Gasteiger partial charge in [0.25, 0.3) is 0 Å². The third-order valence-corrected chi connectivity index (χ3v) is 5.04. The molecule has 2 rings (SSSR count). The van der Waals surface area contributed by atoms with Crippen LogP contribution in [-0.4, -0.2) is 43.0 Å². The molecule has 1 N–H and O–H groups in total. The predicted octanol–water partition coefficient (Wildman–Crippen LogP) is 2.78. The number of hydrogen-bond donors (Lipinski definition) is 1. The highest BCUT2D eigenvalue weighted by Gasteiger charge is 2.25. The summed E-state index contributed by atoms with van der Waals surface area (Å²) in [5, 5.41) is 3.15. The molecule has 0 radical (unpaired) electrons. The van der Waals surface area contributed by atoms with Crippen molar-refractivity contribution in [3.05, 3.63) is 29.8 Å². The molecule has 0 aromatic heterocycles. The first-order chi connectivity index (χ1) is 12.1.